The number of rotatable bonds is 4. The van der Waals surface area contributed by atoms with Crippen molar-refractivity contribution in [1.82, 2.24) is 5.32 Å². The number of unbranched alkanes of at least 4 members (excludes halogenated alkanes) is 1. The van der Waals surface area contributed by atoms with Gasteiger partial charge in [-0.05, 0) is 13.3 Å². The van der Waals surface area contributed by atoms with Crippen LogP contribution in [-0.4, -0.2) is 34.8 Å². The van der Waals surface area contributed by atoms with E-state index in [9.17, 15) is 4.79 Å². The SMILES string of the molecule is CC(O)C(=O)O.CCCCNC(=N)N. The Morgan fingerprint density at radius 3 is 2.29 bits per heavy atom. The minimum absolute atomic E-state index is 0.0680. The molecule has 6 nitrogen and oxygen atoms in total. The molecule has 14 heavy (non-hydrogen) atoms. The second kappa shape index (κ2) is 9.79. The first-order valence-electron chi connectivity index (χ1n) is 4.40. The number of guanidine groups is 1. The van der Waals surface area contributed by atoms with Crippen LogP contribution in [0.4, 0.5) is 0 Å². The summed E-state index contributed by atoms with van der Waals surface area (Å²) < 4.78 is 0. The van der Waals surface area contributed by atoms with Gasteiger partial charge in [-0.25, -0.2) is 4.79 Å². The number of aliphatic hydroxyl groups is 1. The smallest absolute Gasteiger partial charge is 0.332 e. The zero-order chi connectivity index (χ0) is 11.6. The van der Waals surface area contributed by atoms with Crippen molar-refractivity contribution in [3.05, 3.63) is 0 Å². The molecule has 84 valence electrons. The van der Waals surface area contributed by atoms with Crippen LogP contribution >= 0.6 is 0 Å². The highest BCUT2D eigenvalue weighted by Gasteiger charge is 2.01. The molecule has 0 rings (SSSR count). The van der Waals surface area contributed by atoms with Crippen molar-refractivity contribution in [2.75, 3.05) is 6.54 Å². The zero-order valence-electron chi connectivity index (χ0n) is 8.58. The van der Waals surface area contributed by atoms with Crippen LogP contribution in [0.2, 0.25) is 0 Å². The molecule has 0 aromatic heterocycles. The minimum atomic E-state index is -1.23. The average molecular weight is 205 g/mol. The van der Waals surface area contributed by atoms with E-state index in [1.54, 1.807) is 0 Å². The van der Waals surface area contributed by atoms with Gasteiger partial charge in [0.2, 0.25) is 0 Å². The molecule has 0 spiro atoms. The van der Waals surface area contributed by atoms with Gasteiger partial charge >= 0.3 is 5.97 Å². The Balaban J connectivity index is 0. The van der Waals surface area contributed by atoms with Crippen molar-refractivity contribution in [3.63, 3.8) is 0 Å². The Labute approximate surface area is 83.6 Å². The van der Waals surface area contributed by atoms with Gasteiger partial charge in [0.1, 0.15) is 6.10 Å². The molecule has 0 aromatic carbocycles. The van der Waals surface area contributed by atoms with Crippen molar-refractivity contribution < 1.29 is 15.0 Å². The third-order valence-corrected chi connectivity index (χ3v) is 1.20. The van der Waals surface area contributed by atoms with E-state index in [0.29, 0.717) is 0 Å². The lowest BCUT2D eigenvalue weighted by atomic mass is 10.3. The first-order chi connectivity index (χ1) is 6.41. The van der Waals surface area contributed by atoms with Crippen LogP contribution in [0.1, 0.15) is 26.7 Å². The molecule has 0 bridgehead atoms. The molecule has 0 saturated carbocycles. The third kappa shape index (κ3) is 17.0. The Morgan fingerprint density at radius 2 is 2.07 bits per heavy atom. The number of aliphatic carboxylic acids is 1. The van der Waals surface area contributed by atoms with E-state index in [4.69, 9.17) is 21.4 Å². The van der Waals surface area contributed by atoms with Crippen LogP contribution in [0, 0.1) is 5.41 Å². The zero-order valence-corrected chi connectivity index (χ0v) is 8.58. The van der Waals surface area contributed by atoms with Crippen LogP contribution in [0.5, 0.6) is 0 Å². The molecule has 0 aliphatic rings. The van der Waals surface area contributed by atoms with Crippen molar-refractivity contribution in [3.8, 4) is 0 Å². The molecular formula is C8H19N3O3. The maximum Gasteiger partial charge on any atom is 0.332 e. The van der Waals surface area contributed by atoms with E-state index < -0.39 is 12.1 Å². The topological polar surface area (TPSA) is 119 Å². The van der Waals surface area contributed by atoms with Gasteiger partial charge in [0.05, 0.1) is 0 Å². The van der Waals surface area contributed by atoms with Crippen molar-refractivity contribution in [1.29, 1.82) is 5.41 Å². The predicted octanol–water partition coefficient (Wildman–Crippen LogP) is -0.279. The number of nitrogens with two attached hydrogens (primary N) is 1. The van der Waals surface area contributed by atoms with Gasteiger partial charge in [0.15, 0.2) is 5.96 Å². The highest BCUT2D eigenvalue weighted by Crippen LogP contribution is 1.80. The first-order valence-corrected chi connectivity index (χ1v) is 4.40. The largest absolute Gasteiger partial charge is 0.479 e. The monoisotopic (exact) mass is 205 g/mol. The highest BCUT2D eigenvalue weighted by molar-refractivity contribution is 5.74. The molecule has 0 aliphatic heterocycles. The maximum atomic E-state index is 9.45. The number of hydrogen-bond acceptors (Lipinski definition) is 3. The maximum absolute atomic E-state index is 9.45. The Hall–Kier alpha value is -1.30. The van der Waals surface area contributed by atoms with Gasteiger partial charge in [-0.2, -0.15) is 0 Å². The quantitative estimate of drug-likeness (QED) is 0.246. The number of nitrogens with one attached hydrogen (secondary N) is 2. The summed E-state index contributed by atoms with van der Waals surface area (Å²) in [6, 6.07) is 0. The van der Waals surface area contributed by atoms with Gasteiger partial charge < -0.3 is 21.3 Å². The van der Waals surface area contributed by atoms with Gasteiger partial charge in [0.25, 0.3) is 0 Å². The lowest BCUT2D eigenvalue weighted by Gasteiger charge is -1.98. The van der Waals surface area contributed by atoms with Gasteiger partial charge in [-0.3, -0.25) is 5.41 Å². The summed E-state index contributed by atoms with van der Waals surface area (Å²) in [5.41, 5.74) is 5.01. The fourth-order valence-corrected chi connectivity index (χ4v) is 0.400. The van der Waals surface area contributed by atoms with Gasteiger partial charge in [0, 0.05) is 6.54 Å². The van der Waals surface area contributed by atoms with Crippen LogP contribution in [0.3, 0.4) is 0 Å². The summed E-state index contributed by atoms with van der Waals surface area (Å²) in [6.07, 6.45) is 0.991. The third-order valence-electron chi connectivity index (χ3n) is 1.20. The van der Waals surface area contributed by atoms with Crippen LogP contribution in [0.25, 0.3) is 0 Å². The van der Waals surface area contributed by atoms with Crippen LogP contribution in [-0.2, 0) is 4.79 Å². The van der Waals surface area contributed by atoms with Crippen molar-refractivity contribution >= 4 is 11.9 Å². The average Bonchev–Trinajstić information content (AvgIpc) is 2.05. The Bertz CT molecular complexity index is 171. The lowest BCUT2D eigenvalue weighted by molar-refractivity contribution is -0.145. The fourth-order valence-electron chi connectivity index (χ4n) is 0.400. The normalized spacial score (nSPS) is 10.8. The number of aliphatic hydroxyl groups excluding tert-OH is 1. The number of carboxylic acids is 1. The molecule has 1 unspecified atom stereocenters. The molecule has 0 fully saturated rings. The Kier molecular flexibility index (Phi) is 10.6. The van der Waals surface area contributed by atoms with Gasteiger partial charge in [-0.15, -0.1) is 0 Å². The van der Waals surface area contributed by atoms with E-state index in [2.05, 4.69) is 12.2 Å². The minimum Gasteiger partial charge on any atom is -0.479 e. The molecular weight excluding hydrogens is 186 g/mol. The molecule has 0 aromatic rings. The summed E-state index contributed by atoms with van der Waals surface area (Å²) in [4.78, 5) is 9.45. The molecule has 6 heteroatoms. The van der Waals surface area contributed by atoms with Crippen molar-refractivity contribution in [2.24, 2.45) is 5.73 Å². The molecule has 0 amide bonds. The number of carboxylic acid groups (broad SMARTS) is 1. The Morgan fingerprint density at radius 1 is 1.64 bits per heavy atom. The lowest BCUT2D eigenvalue weighted by Crippen LogP contribution is -2.30. The van der Waals surface area contributed by atoms with Crippen LogP contribution in [0.15, 0.2) is 0 Å². The molecule has 6 N–H and O–H groups in total. The molecule has 1 atom stereocenters. The second-order valence-electron chi connectivity index (χ2n) is 2.71. The van der Waals surface area contributed by atoms with E-state index in [1.165, 1.54) is 6.92 Å². The molecule has 0 aliphatic carbocycles. The molecule has 0 radical (unpaired) electrons. The molecule has 0 heterocycles. The van der Waals surface area contributed by atoms with Crippen molar-refractivity contribution in [2.45, 2.75) is 32.8 Å². The molecule has 0 saturated heterocycles. The van der Waals surface area contributed by atoms with E-state index in [0.717, 1.165) is 19.4 Å². The van der Waals surface area contributed by atoms with E-state index in [-0.39, 0.29) is 5.96 Å². The number of hydrogen-bond donors (Lipinski definition) is 5. The number of carbonyl (C=O) groups is 1. The summed E-state index contributed by atoms with van der Waals surface area (Å²) in [6.45, 7) is 4.12. The van der Waals surface area contributed by atoms with Crippen LogP contribution < -0.4 is 11.1 Å². The summed E-state index contributed by atoms with van der Waals surface area (Å²) in [7, 11) is 0. The summed E-state index contributed by atoms with van der Waals surface area (Å²) >= 11 is 0. The van der Waals surface area contributed by atoms with E-state index in [1.807, 2.05) is 0 Å². The van der Waals surface area contributed by atoms with E-state index >= 15 is 0 Å². The predicted molar refractivity (Wildman–Crippen MR) is 54.1 cm³/mol. The standard InChI is InChI=1S/C5H13N3.C3H6O3/c1-2-3-4-8-5(6)7;1-2(4)3(5)6/h2-4H2,1H3,(H4,6,7,8);2,4H,1H3,(H,5,6). The highest BCUT2D eigenvalue weighted by atomic mass is 16.4. The fraction of sp³-hybridized carbons (Fsp3) is 0.750. The van der Waals surface area contributed by atoms with Gasteiger partial charge in [-0.1, -0.05) is 13.3 Å². The second-order valence-corrected chi connectivity index (χ2v) is 2.71. The summed E-state index contributed by atoms with van der Waals surface area (Å²) in [5.74, 6) is -1.12. The summed E-state index contributed by atoms with van der Waals surface area (Å²) in [5, 5.41) is 25.2. The first kappa shape index (κ1) is 15.2.